The van der Waals surface area contributed by atoms with Crippen LogP contribution in [0, 0.1) is 0 Å². The van der Waals surface area contributed by atoms with E-state index in [-0.39, 0.29) is 5.91 Å². The molecule has 0 aliphatic carbocycles. The quantitative estimate of drug-likeness (QED) is 0.674. The number of benzene rings is 3. The second kappa shape index (κ2) is 8.53. The van der Waals surface area contributed by atoms with Crippen LogP contribution in [-0.4, -0.2) is 48.9 Å². The van der Waals surface area contributed by atoms with Gasteiger partial charge in [0.15, 0.2) is 6.17 Å². The minimum absolute atomic E-state index is 0.109. The summed E-state index contributed by atoms with van der Waals surface area (Å²) in [5, 5.41) is 3.69. The molecule has 0 saturated carbocycles. The molecule has 1 N–H and O–H groups in total. The van der Waals surface area contributed by atoms with E-state index in [9.17, 15) is 4.79 Å². The van der Waals surface area contributed by atoms with E-state index in [0.29, 0.717) is 5.02 Å². The van der Waals surface area contributed by atoms with Gasteiger partial charge in [-0.25, -0.2) is 0 Å². The number of carbonyl (C=O) groups is 1. The molecule has 3 aromatic rings. The largest absolute Gasteiger partial charge is 0.369 e. The number of hydrogen-bond donors (Lipinski definition) is 1. The van der Waals surface area contributed by atoms with E-state index in [1.807, 2.05) is 48.5 Å². The first kappa shape index (κ1) is 19.8. The molecule has 0 spiro atoms. The SMILES string of the molecule is O=C1Nc2ccc(Cl)cc2C(c2ccccc2)=NC1N1CCN(c2ccccc2)CC1. The lowest BCUT2D eigenvalue weighted by Crippen LogP contribution is -2.53. The molecule has 2 heterocycles. The van der Waals surface area contributed by atoms with Crippen LogP contribution in [0.25, 0.3) is 0 Å². The third-order valence-corrected chi connectivity index (χ3v) is 6.04. The number of carbonyl (C=O) groups excluding carboxylic acids is 1. The highest BCUT2D eigenvalue weighted by molar-refractivity contribution is 6.32. The van der Waals surface area contributed by atoms with Gasteiger partial charge in [0.05, 0.1) is 11.4 Å². The van der Waals surface area contributed by atoms with Gasteiger partial charge >= 0.3 is 0 Å². The summed E-state index contributed by atoms with van der Waals surface area (Å²) in [6, 6.07) is 25.9. The number of hydrogen-bond acceptors (Lipinski definition) is 4. The summed E-state index contributed by atoms with van der Waals surface area (Å²) < 4.78 is 0. The lowest BCUT2D eigenvalue weighted by molar-refractivity contribution is -0.121. The maximum absolute atomic E-state index is 13.2. The molecule has 2 aliphatic heterocycles. The van der Waals surface area contributed by atoms with Crippen LogP contribution < -0.4 is 10.2 Å². The van der Waals surface area contributed by atoms with Crippen molar-refractivity contribution in [2.45, 2.75) is 6.17 Å². The van der Waals surface area contributed by atoms with Crippen molar-refractivity contribution < 1.29 is 4.79 Å². The number of nitrogens with zero attached hydrogens (tertiary/aromatic N) is 3. The summed E-state index contributed by atoms with van der Waals surface area (Å²) >= 11 is 6.29. The third-order valence-electron chi connectivity index (χ3n) is 5.81. The van der Waals surface area contributed by atoms with Gasteiger partial charge in [-0.1, -0.05) is 60.1 Å². The highest BCUT2D eigenvalue weighted by Gasteiger charge is 2.32. The number of benzodiazepines with no additional fused rings is 1. The molecule has 1 fully saturated rings. The van der Waals surface area contributed by atoms with E-state index >= 15 is 0 Å². The summed E-state index contributed by atoms with van der Waals surface area (Å²) in [5.74, 6) is -0.109. The van der Waals surface area contributed by atoms with E-state index in [1.165, 1.54) is 5.69 Å². The predicted octanol–water partition coefficient (Wildman–Crippen LogP) is 4.28. The lowest BCUT2D eigenvalue weighted by Gasteiger charge is -2.38. The fourth-order valence-electron chi connectivity index (χ4n) is 4.21. The van der Waals surface area contributed by atoms with Crippen molar-refractivity contribution in [3.05, 3.63) is 95.0 Å². The fourth-order valence-corrected chi connectivity index (χ4v) is 4.38. The molecule has 2 aliphatic rings. The Balaban J connectivity index is 1.47. The number of nitrogens with one attached hydrogen (secondary N) is 1. The Kier molecular flexibility index (Phi) is 5.45. The Bertz CT molecular complexity index is 1110. The molecule has 5 nitrogen and oxygen atoms in total. The molecule has 31 heavy (non-hydrogen) atoms. The molecule has 1 unspecified atom stereocenters. The Morgan fingerprint density at radius 1 is 0.871 bits per heavy atom. The Morgan fingerprint density at radius 2 is 1.55 bits per heavy atom. The van der Waals surface area contributed by atoms with Gasteiger partial charge in [0.25, 0.3) is 5.91 Å². The number of anilines is 2. The summed E-state index contributed by atoms with van der Waals surface area (Å²) in [6.07, 6.45) is -0.584. The lowest BCUT2D eigenvalue weighted by atomic mass is 10.0. The molecule has 6 heteroatoms. The van der Waals surface area contributed by atoms with Crippen LogP contribution in [0.4, 0.5) is 11.4 Å². The smallest absolute Gasteiger partial charge is 0.264 e. The fraction of sp³-hybridized carbons (Fsp3) is 0.200. The zero-order valence-corrected chi connectivity index (χ0v) is 17.8. The molecule has 0 aromatic heterocycles. The molecule has 3 aromatic carbocycles. The van der Waals surface area contributed by atoms with Gasteiger partial charge in [-0.3, -0.25) is 14.7 Å². The second-order valence-corrected chi connectivity index (χ2v) is 8.19. The molecule has 1 saturated heterocycles. The average Bonchev–Trinajstić information content (AvgIpc) is 2.96. The van der Waals surface area contributed by atoms with Crippen LogP contribution in [0.15, 0.2) is 83.9 Å². The van der Waals surface area contributed by atoms with Crippen LogP contribution >= 0.6 is 11.6 Å². The number of fused-ring (bicyclic) bond motifs is 1. The number of aliphatic imine (C=N–C) groups is 1. The van der Waals surface area contributed by atoms with Crippen LogP contribution in [0.5, 0.6) is 0 Å². The molecule has 5 rings (SSSR count). The number of halogens is 1. The van der Waals surface area contributed by atoms with E-state index in [0.717, 1.165) is 48.7 Å². The van der Waals surface area contributed by atoms with Gasteiger partial charge < -0.3 is 10.2 Å². The average molecular weight is 431 g/mol. The molecule has 156 valence electrons. The normalized spacial score (nSPS) is 19.3. The van der Waals surface area contributed by atoms with Crippen LogP contribution in [0.2, 0.25) is 5.02 Å². The van der Waals surface area contributed by atoms with Gasteiger partial charge in [-0.05, 0) is 30.3 Å². The summed E-state index contributed by atoms with van der Waals surface area (Å²) in [7, 11) is 0. The Morgan fingerprint density at radius 3 is 2.26 bits per heavy atom. The van der Waals surface area contributed by atoms with Crippen molar-refractivity contribution in [3.8, 4) is 0 Å². The van der Waals surface area contributed by atoms with Crippen molar-refractivity contribution in [1.29, 1.82) is 0 Å². The molecular weight excluding hydrogens is 408 g/mol. The maximum atomic E-state index is 13.2. The van der Waals surface area contributed by atoms with E-state index < -0.39 is 6.17 Å². The predicted molar refractivity (Wildman–Crippen MR) is 126 cm³/mol. The first-order chi connectivity index (χ1) is 15.2. The molecule has 1 amide bonds. The maximum Gasteiger partial charge on any atom is 0.264 e. The second-order valence-electron chi connectivity index (χ2n) is 7.76. The number of rotatable bonds is 3. The van der Waals surface area contributed by atoms with E-state index in [4.69, 9.17) is 16.6 Å². The monoisotopic (exact) mass is 430 g/mol. The number of amides is 1. The minimum atomic E-state index is -0.584. The van der Waals surface area contributed by atoms with Crippen molar-refractivity contribution in [1.82, 2.24) is 4.90 Å². The van der Waals surface area contributed by atoms with Gasteiger partial charge in [0.1, 0.15) is 0 Å². The van der Waals surface area contributed by atoms with Gasteiger partial charge in [0.2, 0.25) is 0 Å². The zero-order chi connectivity index (χ0) is 21.2. The number of para-hydroxylation sites is 1. The van der Waals surface area contributed by atoms with E-state index in [1.54, 1.807) is 6.07 Å². The standard InChI is InChI=1S/C25H23ClN4O/c26-19-11-12-22-21(17-19)23(18-7-3-1-4-8-18)28-24(25(31)27-22)30-15-13-29(14-16-30)20-9-5-2-6-10-20/h1-12,17,24H,13-16H2,(H,27,31). The Hall–Kier alpha value is -3.15. The highest BCUT2D eigenvalue weighted by atomic mass is 35.5. The van der Waals surface area contributed by atoms with Crippen molar-refractivity contribution >= 4 is 34.6 Å². The Labute approximate surface area is 187 Å². The minimum Gasteiger partial charge on any atom is -0.369 e. The molecular formula is C25H23ClN4O. The first-order valence-electron chi connectivity index (χ1n) is 10.5. The molecule has 1 atom stereocenters. The van der Waals surface area contributed by atoms with Crippen LogP contribution in [0.1, 0.15) is 11.1 Å². The van der Waals surface area contributed by atoms with Gasteiger partial charge in [0, 0.05) is 48.0 Å². The molecule has 0 radical (unpaired) electrons. The number of piperazine rings is 1. The van der Waals surface area contributed by atoms with Crippen molar-refractivity contribution in [3.63, 3.8) is 0 Å². The summed E-state index contributed by atoms with van der Waals surface area (Å²) in [6.45, 7) is 3.22. The highest BCUT2D eigenvalue weighted by Crippen LogP contribution is 2.28. The van der Waals surface area contributed by atoms with Gasteiger partial charge in [-0.15, -0.1) is 0 Å². The van der Waals surface area contributed by atoms with E-state index in [2.05, 4.69) is 39.4 Å². The topological polar surface area (TPSA) is 47.9 Å². The van der Waals surface area contributed by atoms with Crippen LogP contribution in [-0.2, 0) is 4.79 Å². The summed E-state index contributed by atoms with van der Waals surface area (Å²) in [4.78, 5) is 22.7. The summed E-state index contributed by atoms with van der Waals surface area (Å²) in [5.41, 5.74) is 4.55. The van der Waals surface area contributed by atoms with Crippen LogP contribution in [0.3, 0.4) is 0 Å². The third kappa shape index (κ3) is 4.07. The van der Waals surface area contributed by atoms with Gasteiger partial charge in [-0.2, -0.15) is 0 Å². The molecule has 0 bridgehead atoms. The first-order valence-corrected chi connectivity index (χ1v) is 10.8. The zero-order valence-electron chi connectivity index (χ0n) is 17.0. The van der Waals surface area contributed by atoms with Crippen molar-refractivity contribution in [2.24, 2.45) is 4.99 Å². The van der Waals surface area contributed by atoms with Crippen molar-refractivity contribution in [2.75, 3.05) is 36.4 Å².